The second kappa shape index (κ2) is 4.56. The summed E-state index contributed by atoms with van der Waals surface area (Å²) in [5.41, 5.74) is 0. The number of carbonyl (C=O) groups excluding carboxylic acids is 1. The van der Waals surface area contributed by atoms with E-state index in [1.165, 1.54) is 11.3 Å². The number of carbonyl (C=O) groups is 2. The van der Waals surface area contributed by atoms with Crippen molar-refractivity contribution in [2.75, 3.05) is 5.32 Å². The van der Waals surface area contributed by atoms with Gasteiger partial charge in [-0.25, -0.2) is 0 Å². The zero-order chi connectivity index (χ0) is 11.5. The van der Waals surface area contributed by atoms with E-state index in [4.69, 9.17) is 5.11 Å². The van der Waals surface area contributed by atoms with Crippen molar-refractivity contribution < 1.29 is 14.7 Å². The van der Waals surface area contributed by atoms with Gasteiger partial charge in [0.1, 0.15) is 5.01 Å². The average Bonchev–Trinajstić information content (AvgIpc) is 2.98. The Morgan fingerprint density at radius 1 is 1.44 bits per heavy atom. The number of nitrogens with zero attached hydrogens (tertiary/aromatic N) is 2. The standard InChI is InChI=1S/C9H11N3O3S/c13-7(14)4-3-6-11-12-9(16-6)10-8(15)5-1-2-5/h5H,1-4H2,(H,13,14)(H,10,12,15). The molecule has 0 spiro atoms. The number of aromatic nitrogens is 2. The minimum Gasteiger partial charge on any atom is -0.481 e. The molecule has 1 aromatic heterocycles. The molecule has 1 amide bonds. The number of aryl methyl sites for hydroxylation is 1. The number of hydrogen-bond donors (Lipinski definition) is 2. The highest BCUT2D eigenvalue weighted by atomic mass is 32.1. The third kappa shape index (κ3) is 2.99. The maximum Gasteiger partial charge on any atom is 0.303 e. The number of carboxylic acid groups (broad SMARTS) is 1. The van der Waals surface area contributed by atoms with Crippen LogP contribution in [0, 0.1) is 5.92 Å². The molecule has 2 rings (SSSR count). The quantitative estimate of drug-likeness (QED) is 0.799. The van der Waals surface area contributed by atoms with Gasteiger partial charge in [0.05, 0.1) is 6.42 Å². The van der Waals surface area contributed by atoms with Crippen LogP contribution in [0.15, 0.2) is 0 Å². The van der Waals surface area contributed by atoms with Crippen LogP contribution in [0.3, 0.4) is 0 Å². The minimum atomic E-state index is -0.862. The largest absolute Gasteiger partial charge is 0.481 e. The fourth-order valence-electron chi connectivity index (χ4n) is 1.17. The first-order chi connectivity index (χ1) is 7.65. The van der Waals surface area contributed by atoms with E-state index < -0.39 is 5.97 Å². The number of anilines is 1. The highest BCUT2D eigenvalue weighted by Gasteiger charge is 2.30. The van der Waals surface area contributed by atoms with Gasteiger partial charge in [-0.2, -0.15) is 0 Å². The van der Waals surface area contributed by atoms with E-state index >= 15 is 0 Å². The van der Waals surface area contributed by atoms with Crippen LogP contribution in [-0.2, 0) is 16.0 Å². The highest BCUT2D eigenvalue weighted by molar-refractivity contribution is 7.15. The molecule has 0 atom stereocenters. The van der Waals surface area contributed by atoms with Gasteiger partial charge in [-0.15, -0.1) is 10.2 Å². The first-order valence-electron chi connectivity index (χ1n) is 5.00. The lowest BCUT2D eigenvalue weighted by molar-refractivity contribution is -0.137. The molecule has 1 aromatic rings. The normalized spacial score (nSPS) is 14.8. The van der Waals surface area contributed by atoms with Crippen LogP contribution in [0.1, 0.15) is 24.3 Å². The van der Waals surface area contributed by atoms with Crippen LogP contribution in [0.2, 0.25) is 0 Å². The predicted molar refractivity (Wildman–Crippen MR) is 57.2 cm³/mol. The third-order valence-corrected chi connectivity index (χ3v) is 3.10. The van der Waals surface area contributed by atoms with Gasteiger partial charge in [-0.1, -0.05) is 11.3 Å². The van der Waals surface area contributed by atoms with Gasteiger partial charge in [0.25, 0.3) is 0 Å². The Morgan fingerprint density at radius 3 is 2.81 bits per heavy atom. The number of hydrogen-bond acceptors (Lipinski definition) is 5. The minimum absolute atomic E-state index is 0.0130. The molecule has 0 bridgehead atoms. The average molecular weight is 241 g/mol. The Bertz CT molecular complexity index is 414. The third-order valence-electron chi connectivity index (χ3n) is 2.20. The monoisotopic (exact) mass is 241 g/mol. The fraction of sp³-hybridized carbons (Fsp3) is 0.556. The molecular weight excluding hydrogens is 230 g/mol. The molecule has 6 nitrogen and oxygen atoms in total. The van der Waals surface area contributed by atoms with Crippen LogP contribution in [-0.4, -0.2) is 27.2 Å². The van der Waals surface area contributed by atoms with Crippen molar-refractivity contribution in [2.24, 2.45) is 5.92 Å². The Hall–Kier alpha value is -1.50. The molecule has 0 aliphatic heterocycles. The van der Waals surface area contributed by atoms with Crippen LogP contribution in [0.5, 0.6) is 0 Å². The summed E-state index contributed by atoms with van der Waals surface area (Å²) >= 11 is 1.23. The second-order valence-electron chi connectivity index (χ2n) is 3.66. The van der Waals surface area contributed by atoms with Crippen molar-refractivity contribution in [3.63, 3.8) is 0 Å². The van der Waals surface area contributed by atoms with Crippen molar-refractivity contribution in [3.05, 3.63) is 5.01 Å². The molecule has 86 valence electrons. The summed E-state index contributed by atoms with van der Waals surface area (Å²) in [5, 5.41) is 19.9. The Balaban J connectivity index is 1.86. The number of nitrogens with one attached hydrogen (secondary N) is 1. The van der Waals surface area contributed by atoms with E-state index in [2.05, 4.69) is 15.5 Å². The van der Waals surface area contributed by atoms with Crippen LogP contribution >= 0.6 is 11.3 Å². The van der Waals surface area contributed by atoms with Gasteiger partial charge in [-0.3, -0.25) is 9.59 Å². The zero-order valence-corrected chi connectivity index (χ0v) is 9.29. The van der Waals surface area contributed by atoms with Gasteiger partial charge in [0.15, 0.2) is 0 Å². The number of rotatable bonds is 5. The lowest BCUT2D eigenvalue weighted by Crippen LogP contribution is -2.12. The molecule has 1 aliphatic rings. The lowest BCUT2D eigenvalue weighted by atomic mass is 10.3. The Morgan fingerprint density at radius 2 is 2.19 bits per heavy atom. The van der Waals surface area contributed by atoms with Crippen molar-refractivity contribution in [1.29, 1.82) is 0 Å². The topological polar surface area (TPSA) is 92.2 Å². The van der Waals surface area contributed by atoms with E-state index in [0.717, 1.165) is 12.8 Å². The SMILES string of the molecule is O=C(O)CCc1nnc(NC(=O)C2CC2)s1. The molecule has 0 saturated heterocycles. The maximum atomic E-state index is 11.4. The van der Waals surface area contributed by atoms with E-state index in [1.807, 2.05) is 0 Å². The molecule has 7 heteroatoms. The molecule has 1 aliphatic carbocycles. The number of carboxylic acids is 1. The summed E-state index contributed by atoms with van der Waals surface area (Å²) in [7, 11) is 0. The Kier molecular flexibility index (Phi) is 3.14. The van der Waals surface area contributed by atoms with Gasteiger partial charge in [0.2, 0.25) is 11.0 Å². The van der Waals surface area contributed by atoms with Gasteiger partial charge < -0.3 is 10.4 Å². The number of aliphatic carboxylic acids is 1. The molecule has 16 heavy (non-hydrogen) atoms. The van der Waals surface area contributed by atoms with Gasteiger partial charge >= 0.3 is 5.97 Å². The first kappa shape index (κ1) is 11.0. The summed E-state index contributed by atoms with van der Waals surface area (Å²) in [5.74, 6) is -0.744. The van der Waals surface area contributed by atoms with Crippen LogP contribution in [0.4, 0.5) is 5.13 Å². The summed E-state index contributed by atoms with van der Waals surface area (Å²) < 4.78 is 0. The van der Waals surface area contributed by atoms with Gasteiger partial charge in [0, 0.05) is 12.3 Å². The molecule has 1 fully saturated rings. The molecule has 1 heterocycles. The van der Waals surface area contributed by atoms with Crippen molar-refractivity contribution in [3.8, 4) is 0 Å². The van der Waals surface area contributed by atoms with Crippen LogP contribution in [0.25, 0.3) is 0 Å². The smallest absolute Gasteiger partial charge is 0.303 e. The van der Waals surface area contributed by atoms with Crippen molar-refractivity contribution in [1.82, 2.24) is 10.2 Å². The molecular formula is C9H11N3O3S. The maximum absolute atomic E-state index is 11.4. The van der Waals surface area contributed by atoms with E-state index in [1.54, 1.807) is 0 Å². The summed E-state index contributed by atoms with van der Waals surface area (Å²) in [6.45, 7) is 0. The summed E-state index contributed by atoms with van der Waals surface area (Å²) in [6.07, 6.45) is 2.27. The predicted octanol–water partition coefficient (Wildman–Crippen LogP) is 0.904. The Labute approximate surface area is 95.7 Å². The molecule has 0 unspecified atom stereocenters. The lowest BCUT2D eigenvalue weighted by Gasteiger charge is -1.96. The highest BCUT2D eigenvalue weighted by Crippen LogP contribution is 2.30. The summed E-state index contributed by atoms with van der Waals surface area (Å²) in [4.78, 5) is 21.7. The van der Waals surface area contributed by atoms with Crippen molar-refractivity contribution >= 4 is 28.3 Å². The first-order valence-corrected chi connectivity index (χ1v) is 5.82. The number of amides is 1. The van der Waals surface area contributed by atoms with E-state index in [9.17, 15) is 9.59 Å². The van der Waals surface area contributed by atoms with Crippen LogP contribution < -0.4 is 5.32 Å². The van der Waals surface area contributed by atoms with E-state index in [-0.39, 0.29) is 18.2 Å². The van der Waals surface area contributed by atoms with Gasteiger partial charge in [-0.05, 0) is 12.8 Å². The molecule has 1 saturated carbocycles. The zero-order valence-electron chi connectivity index (χ0n) is 8.47. The molecule has 0 aromatic carbocycles. The molecule has 2 N–H and O–H groups in total. The fourth-order valence-corrected chi connectivity index (χ4v) is 1.91. The molecule has 0 radical (unpaired) electrons. The van der Waals surface area contributed by atoms with Crippen molar-refractivity contribution in [2.45, 2.75) is 25.7 Å². The second-order valence-corrected chi connectivity index (χ2v) is 4.72. The van der Waals surface area contributed by atoms with E-state index in [0.29, 0.717) is 16.6 Å². The summed E-state index contributed by atoms with van der Waals surface area (Å²) in [6, 6.07) is 0.